The number of rotatable bonds is 5. The smallest absolute Gasteiger partial charge is 0.390 e. The Balaban J connectivity index is 2.37. The van der Waals surface area contributed by atoms with Gasteiger partial charge in [0, 0.05) is 51.6 Å². The number of carbonyl (C=O) groups excluding carboxylic acids is 2. The number of nitrogens with zero attached hydrogens (tertiary/aromatic N) is 2. The van der Waals surface area contributed by atoms with Gasteiger partial charge in [0.2, 0.25) is 0 Å². The molecule has 0 spiro atoms. The Labute approximate surface area is 205 Å². The lowest BCUT2D eigenvalue weighted by molar-refractivity contribution is -0.140. The maximum Gasteiger partial charge on any atom is 0.390 e. The van der Waals surface area contributed by atoms with E-state index in [0.717, 1.165) is 0 Å². The molecule has 0 saturated heterocycles. The van der Waals surface area contributed by atoms with Crippen LogP contribution in [0.5, 0.6) is 5.75 Å². The highest BCUT2D eigenvalue weighted by Crippen LogP contribution is 2.27. The molecular formula is C24H37F3N4O4. The lowest BCUT2D eigenvalue weighted by Gasteiger charge is -2.36. The number of hydrogen-bond donors (Lipinski definition) is 2. The summed E-state index contributed by atoms with van der Waals surface area (Å²) in [4.78, 5) is 28.7. The number of amides is 3. The van der Waals surface area contributed by atoms with Gasteiger partial charge >= 0.3 is 12.2 Å². The summed E-state index contributed by atoms with van der Waals surface area (Å²) >= 11 is 0. The van der Waals surface area contributed by atoms with Crippen LogP contribution in [-0.4, -0.2) is 86.5 Å². The molecule has 0 saturated carbocycles. The third-order valence-corrected chi connectivity index (χ3v) is 5.93. The van der Waals surface area contributed by atoms with Gasteiger partial charge in [-0.3, -0.25) is 9.69 Å². The van der Waals surface area contributed by atoms with E-state index >= 15 is 0 Å². The normalized spacial score (nSPS) is 22.6. The average Bonchev–Trinajstić information content (AvgIpc) is 2.76. The number of benzene rings is 1. The molecule has 0 fully saturated rings. The second-order valence-corrected chi connectivity index (χ2v) is 9.42. The van der Waals surface area contributed by atoms with E-state index in [2.05, 4.69) is 10.6 Å². The Morgan fingerprint density at radius 2 is 1.94 bits per heavy atom. The number of fused-ring (bicyclic) bond motifs is 1. The van der Waals surface area contributed by atoms with Gasteiger partial charge in [-0.1, -0.05) is 6.92 Å². The molecule has 8 nitrogen and oxygen atoms in total. The highest BCUT2D eigenvalue weighted by molar-refractivity contribution is 5.99. The maximum atomic E-state index is 13.3. The number of carbonyl (C=O) groups is 2. The molecular weight excluding hydrogens is 465 g/mol. The molecule has 2 N–H and O–H groups in total. The van der Waals surface area contributed by atoms with Crippen LogP contribution in [0.1, 0.15) is 44.5 Å². The van der Waals surface area contributed by atoms with Crippen LogP contribution in [-0.2, 0) is 4.74 Å². The molecule has 35 heavy (non-hydrogen) atoms. The minimum atomic E-state index is -4.27. The van der Waals surface area contributed by atoms with Crippen molar-refractivity contribution in [3.8, 4) is 5.75 Å². The minimum Gasteiger partial charge on any atom is -0.491 e. The number of alkyl halides is 3. The number of urea groups is 1. The van der Waals surface area contributed by atoms with E-state index in [1.807, 2.05) is 20.8 Å². The van der Waals surface area contributed by atoms with Crippen LogP contribution >= 0.6 is 0 Å². The summed E-state index contributed by atoms with van der Waals surface area (Å²) in [6.07, 6.45) is -5.57. The van der Waals surface area contributed by atoms with Crippen LogP contribution < -0.4 is 15.4 Å². The summed E-state index contributed by atoms with van der Waals surface area (Å²) in [5.41, 5.74) is 0.655. The fourth-order valence-corrected chi connectivity index (χ4v) is 3.94. The third-order valence-electron chi connectivity index (χ3n) is 5.93. The molecule has 1 aromatic carbocycles. The molecule has 1 aliphatic rings. The van der Waals surface area contributed by atoms with Crippen molar-refractivity contribution in [1.82, 2.24) is 15.1 Å². The van der Waals surface area contributed by atoms with Crippen molar-refractivity contribution in [2.24, 2.45) is 5.92 Å². The standard InChI is InChI=1S/C24H37F3N4O4/c1-15(2)28-23(33)29-18-7-8-20-19(11-18)22(32)30(5)13-21(34-6)16(3)12-31(17(4)14-35-20)10-9-24(25,26)27/h7-8,11,15-17,21H,9-10,12-14H2,1-6H3,(H2,28,29,33)/t16-,17+,21+/m1/s1. The third kappa shape index (κ3) is 8.88. The van der Waals surface area contributed by atoms with Crippen molar-refractivity contribution in [2.75, 3.05) is 45.7 Å². The summed E-state index contributed by atoms with van der Waals surface area (Å²) < 4.78 is 50.4. The molecule has 0 radical (unpaired) electrons. The lowest BCUT2D eigenvalue weighted by atomic mass is 10.0. The zero-order valence-corrected chi connectivity index (χ0v) is 21.2. The van der Waals surface area contributed by atoms with Crippen molar-refractivity contribution >= 4 is 17.6 Å². The zero-order valence-electron chi connectivity index (χ0n) is 21.2. The predicted molar refractivity (Wildman–Crippen MR) is 128 cm³/mol. The van der Waals surface area contributed by atoms with E-state index in [4.69, 9.17) is 9.47 Å². The first-order valence-electron chi connectivity index (χ1n) is 11.7. The van der Waals surface area contributed by atoms with E-state index in [1.54, 1.807) is 31.0 Å². The van der Waals surface area contributed by atoms with Crippen molar-refractivity contribution in [2.45, 2.75) is 58.5 Å². The predicted octanol–water partition coefficient (Wildman–Crippen LogP) is 3.97. The molecule has 1 aromatic rings. The highest BCUT2D eigenvalue weighted by atomic mass is 19.4. The molecule has 198 valence electrons. The Bertz CT molecular complexity index is 866. The fraction of sp³-hybridized carbons (Fsp3) is 0.667. The SMILES string of the molecule is CO[C@H]1CN(C)C(=O)c2cc(NC(=O)NC(C)C)ccc2OC[C@H](C)N(CCC(F)(F)F)C[C@H]1C. The molecule has 0 aliphatic carbocycles. The van der Waals surface area contributed by atoms with Gasteiger partial charge in [0.05, 0.1) is 18.1 Å². The molecule has 0 unspecified atom stereocenters. The summed E-state index contributed by atoms with van der Waals surface area (Å²) in [5, 5.41) is 5.42. The molecule has 2 rings (SSSR count). The number of likely N-dealkylation sites (N-methyl/N-ethyl adjacent to an activating group) is 1. The molecule has 1 aliphatic heterocycles. The first-order chi connectivity index (χ1) is 16.3. The zero-order chi connectivity index (χ0) is 26.3. The number of methoxy groups -OCH3 is 1. The van der Waals surface area contributed by atoms with Crippen molar-refractivity contribution in [1.29, 1.82) is 0 Å². The van der Waals surface area contributed by atoms with Crippen LogP contribution in [0.4, 0.5) is 23.7 Å². The molecule has 0 aromatic heterocycles. The Kier molecular flexibility index (Phi) is 10.2. The number of halogens is 3. The van der Waals surface area contributed by atoms with Gasteiger partial charge in [-0.2, -0.15) is 13.2 Å². The number of ether oxygens (including phenoxy) is 2. The second kappa shape index (κ2) is 12.4. The second-order valence-electron chi connectivity index (χ2n) is 9.42. The Hall–Kier alpha value is -2.53. The van der Waals surface area contributed by atoms with Crippen LogP contribution in [0.15, 0.2) is 18.2 Å². The van der Waals surface area contributed by atoms with Gasteiger partial charge in [0.25, 0.3) is 5.91 Å². The van der Waals surface area contributed by atoms with Crippen LogP contribution in [0.3, 0.4) is 0 Å². The minimum absolute atomic E-state index is 0.0647. The first-order valence-corrected chi connectivity index (χ1v) is 11.7. The van der Waals surface area contributed by atoms with E-state index in [-0.39, 0.29) is 55.3 Å². The van der Waals surface area contributed by atoms with E-state index in [1.165, 1.54) is 18.1 Å². The number of hydrogen-bond acceptors (Lipinski definition) is 5. The molecule has 1 heterocycles. The maximum absolute atomic E-state index is 13.3. The number of anilines is 1. The van der Waals surface area contributed by atoms with Gasteiger partial charge in [-0.25, -0.2) is 4.79 Å². The van der Waals surface area contributed by atoms with E-state index < -0.39 is 18.6 Å². The molecule has 3 amide bonds. The van der Waals surface area contributed by atoms with Crippen molar-refractivity contribution < 1.29 is 32.2 Å². The summed E-state index contributed by atoms with van der Waals surface area (Å²) in [6, 6.07) is 3.93. The largest absolute Gasteiger partial charge is 0.491 e. The van der Waals surface area contributed by atoms with E-state index in [0.29, 0.717) is 18.0 Å². The molecule has 11 heteroatoms. The number of nitrogens with one attached hydrogen (secondary N) is 2. The van der Waals surface area contributed by atoms with Gasteiger partial charge < -0.3 is 25.0 Å². The average molecular weight is 503 g/mol. The van der Waals surface area contributed by atoms with Gasteiger partial charge in [-0.05, 0) is 44.9 Å². The van der Waals surface area contributed by atoms with Crippen LogP contribution in [0.25, 0.3) is 0 Å². The molecule has 0 bridgehead atoms. The summed E-state index contributed by atoms with van der Waals surface area (Å²) in [6.45, 7) is 7.89. The monoisotopic (exact) mass is 502 g/mol. The highest BCUT2D eigenvalue weighted by Gasteiger charge is 2.32. The van der Waals surface area contributed by atoms with Gasteiger partial charge in [0.15, 0.2) is 0 Å². The topological polar surface area (TPSA) is 83.1 Å². The van der Waals surface area contributed by atoms with Gasteiger partial charge in [0.1, 0.15) is 12.4 Å². The molecule has 3 atom stereocenters. The summed E-state index contributed by atoms with van der Waals surface area (Å²) in [7, 11) is 3.16. The fourth-order valence-electron chi connectivity index (χ4n) is 3.94. The van der Waals surface area contributed by atoms with Crippen LogP contribution in [0.2, 0.25) is 0 Å². The first kappa shape index (κ1) is 28.7. The Morgan fingerprint density at radius 3 is 2.54 bits per heavy atom. The van der Waals surface area contributed by atoms with Crippen molar-refractivity contribution in [3.05, 3.63) is 23.8 Å². The van der Waals surface area contributed by atoms with E-state index in [9.17, 15) is 22.8 Å². The van der Waals surface area contributed by atoms with Crippen molar-refractivity contribution in [3.63, 3.8) is 0 Å². The summed E-state index contributed by atoms with van der Waals surface area (Å²) in [5.74, 6) is -0.163. The van der Waals surface area contributed by atoms with Gasteiger partial charge in [-0.15, -0.1) is 0 Å². The Morgan fingerprint density at radius 1 is 1.26 bits per heavy atom. The van der Waals surface area contributed by atoms with Crippen LogP contribution in [0, 0.1) is 5.92 Å². The lowest BCUT2D eigenvalue weighted by Crippen LogP contribution is -2.47. The quantitative estimate of drug-likeness (QED) is 0.637.